The Morgan fingerprint density at radius 2 is 1.76 bits per heavy atom. The minimum atomic E-state index is -0.497. The normalized spacial score (nSPS) is 14.5. The van der Waals surface area contributed by atoms with Crippen molar-refractivity contribution in [2.75, 3.05) is 44.4 Å². The number of carbonyl (C=O) groups excluding carboxylic acids is 1. The molecule has 1 aliphatic heterocycles. The lowest BCUT2D eigenvalue weighted by atomic mass is 10.0. The number of fused-ring (bicyclic) bond motifs is 1. The Labute approximate surface area is 199 Å². The number of aromatic nitrogens is 2. The fraction of sp³-hybridized carbons (Fsp3) is 0.400. The highest BCUT2D eigenvalue weighted by Gasteiger charge is 2.27. The molecule has 0 unspecified atom stereocenters. The molecular formula is C25H30N4O3S. The molecule has 3 aromatic rings. The number of carbonyl (C=O) groups is 1. The predicted molar refractivity (Wildman–Crippen MR) is 133 cm³/mol. The minimum Gasteiger partial charge on any atom is -0.497 e. The second kappa shape index (κ2) is 9.47. The number of rotatable bonds is 4. The van der Waals surface area contributed by atoms with Crippen molar-refractivity contribution < 1.29 is 14.3 Å². The third kappa shape index (κ3) is 5.33. The van der Waals surface area contributed by atoms with Crippen LogP contribution in [0.4, 0.5) is 10.6 Å². The number of nitrogens with zero attached hydrogens (tertiary/aromatic N) is 4. The molecule has 0 aliphatic carbocycles. The van der Waals surface area contributed by atoms with E-state index in [0.717, 1.165) is 33.6 Å². The summed E-state index contributed by atoms with van der Waals surface area (Å²) in [7, 11) is 1.68. The molecule has 4 rings (SSSR count). The molecular weight excluding hydrogens is 436 g/mol. The van der Waals surface area contributed by atoms with Crippen molar-refractivity contribution >= 4 is 34.4 Å². The van der Waals surface area contributed by atoms with E-state index in [9.17, 15) is 4.79 Å². The lowest BCUT2D eigenvalue weighted by Gasteiger charge is -2.36. The van der Waals surface area contributed by atoms with Crippen molar-refractivity contribution in [1.82, 2.24) is 14.9 Å². The quantitative estimate of drug-likeness (QED) is 0.392. The Hall–Kier alpha value is -3.00. The first kappa shape index (κ1) is 23.2. The van der Waals surface area contributed by atoms with Crippen molar-refractivity contribution in [3.8, 4) is 17.0 Å². The first-order valence-electron chi connectivity index (χ1n) is 11.0. The van der Waals surface area contributed by atoms with E-state index in [1.807, 2.05) is 57.4 Å². The van der Waals surface area contributed by atoms with E-state index in [2.05, 4.69) is 17.0 Å². The van der Waals surface area contributed by atoms with Gasteiger partial charge in [0.1, 0.15) is 17.2 Å². The Morgan fingerprint density at radius 3 is 2.42 bits per heavy atom. The van der Waals surface area contributed by atoms with Gasteiger partial charge in [0.2, 0.25) is 0 Å². The standard InChI is InChI=1S/C25H30N4O3S/c1-25(2,3)32-24(30)29-12-10-28(11-13-29)22-16-21(26-23(27-22)33-5)20-15-18(31-4)14-17-8-6-7-9-19(17)20/h6-9,14-16H,10-13H2,1-5H3. The zero-order chi connectivity index (χ0) is 23.6. The van der Waals surface area contributed by atoms with Crippen LogP contribution in [0.3, 0.4) is 0 Å². The molecule has 1 fully saturated rings. The van der Waals surface area contributed by atoms with Crippen LogP contribution >= 0.6 is 11.8 Å². The van der Waals surface area contributed by atoms with Gasteiger partial charge in [0.05, 0.1) is 12.8 Å². The van der Waals surface area contributed by atoms with Crippen LogP contribution in [0, 0.1) is 0 Å². The Bertz CT molecular complexity index is 1150. The lowest BCUT2D eigenvalue weighted by molar-refractivity contribution is 0.0240. The zero-order valence-corrected chi connectivity index (χ0v) is 20.6. The number of anilines is 1. The van der Waals surface area contributed by atoms with Gasteiger partial charge in [-0.3, -0.25) is 0 Å². The van der Waals surface area contributed by atoms with Crippen molar-refractivity contribution in [2.24, 2.45) is 0 Å². The van der Waals surface area contributed by atoms with Crippen molar-refractivity contribution in [3.63, 3.8) is 0 Å². The SMILES string of the molecule is COc1cc(-c2cc(N3CCN(C(=O)OC(C)(C)C)CC3)nc(SC)n2)c2ccccc2c1. The maximum absolute atomic E-state index is 12.4. The van der Waals surface area contributed by atoms with Crippen molar-refractivity contribution in [3.05, 3.63) is 42.5 Å². The maximum atomic E-state index is 12.4. The molecule has 0 saturated carbocycles. The van der Waals surface area contributed by atoms with Crippen LogP contribution in [0.1, 0.15) is 20.8 Å². The molecule has 8 heteroatoms. The third-order valence-corrected chi connectivity index (χ3v) is 6.02. The van der Waals surface area contributed by atoms with Crippen molar-refractivity contribution in [1.29, 1.82) is 0 Å². The molecule has 0 bridgehead atoms. The highest BCUT2D eigenvalue weighted by molar-refractivity contribution is 7.98. The molecule has 174 valence electrons. The van der Waals surface area contributed by atoms with E-state index in [0.29, 0.717) is 31.3 Å². The summed E-state index contributed by atoms with van der Waals surface area (Å²) in [6, 6.07) is 14.3. The molecule has 33 heavy (non-hydrogen) atoms. The summed E-state index contributed by atoms with van der Waals surface area (Å²) in [5, 5.41) is 2.93. The van der Waals surface area contributed by atoms with Crippen LogP contribution in [0.15, 0.2) is 47.6 Å². The van der Waals surface area contributed by atoms with E-state index in [1.165, 1.54) is 11.8 Å². The van der Waals surface area contributed by atoms with E-state index >= 15 is 0 Å². The highest BCUT2D eigenvalue weighted by Crippen LogP contribution is 2.34. The van der Waals surface area contributed by atoms with Crippen LogP contribution in [-0.2, 0) is 4.74 Å². The van der Waals surface area contributed by atoms with Gasteiger partial charge in [-0.25, -0.2) is 14.8 Å². The first-order chi connectivity index (χ1) is 15.8. The van der Waals surface area contributed by atoms with Gasteiger partial charge in [0, 0.05) is 37.8 Å². The van der Waals surface area contributed by atoms with Crippen molar-refractivity contribution in [2.45, 2.75) is 31.5 Å². The number of hydrogen-bond donors (Lipinski definition) is 0. The molecule has 1 amide bonds. The number of thioether (sulfide) groups is 1. The molecule has 1 saturated heterocycles. The minimum absolute atomic E-state index is 0.266. The number of benzene rings is 2. The van der Waals surface area contributed by atoms with Gasteiger partial charge in [-0.2, -0.15) is 0 Å². The van der Waals surface area contributed by atoms with Crippen LogP contribution in [0.5, 0.6) is 5.75 Å². The lowest BCUT2D eigenvalue weighted by Crippen LogP contribution is -2.50. The molecule has 0 spiro atoms. The molecule has 2 aromatic carbocycles. The molecule has 2 heterocycles. The summed E-state index contributed by atoms with van der Waals surface area (Å²) in [6.07, 6.45) is 1.71. The number of methoxy groups -OCH3 is 1. The van der Waals surface area contributed by atoms with Gasteiger partial charge < -0.3 is 19.3 Å². The summed E-state index contributed by atoms with van der Waals surface area (Å²) in [6.45, 7) is 8.20. The molecule has 0 atom stereocenters. The van der Waals surface area contributed by atoms with Crippen LogP contribution < -0.4 is 9.64 Å². The number of amides is 1. The van der Waals surface area contributed by atoms with E-state index < -0.39 is 5.60 Å². The molecule has 1 aromatic heterocycles. The van der Waals surface area contributed by atoms with E-state index in [1.54, 1.807) is 12.0 Å². The second-order valence-corrected chi connectivity index (χ2v) is 9.72. The number of hydrogen-bond acceptors (Lipinski definition) is 7. The predicted octanol–water partition coefficient (Wildman–Crippen LogP) is 5.08. The zero-order valence-electron chi connectivity index (χ0n) is 19.8. The largest absolute Gasteiger partial charge is 0.497 e. The summed E-state index contributed by atoms with van der Waals surface area (Å²) < 4.78 is 11.1. The second-order valence-electron chi connectivity index (χ2n) is 8.95. The average molecular weight is 467 g/mol. The van der Waals surface area contributed by atoms with Crippen LogP contribution in [0.25, 0.3) is 22.0 Å². The van der Waals surface area contributed by atoms with E-state index in [-0.39, 0.29) is 6.09 Å². The summed E-state index contributed by atoms with van der Waals surface area (Å²) in [5.41, 5.74) is 1.37. The van der Waals surface area contributed by atoms with Crippen LogP contribution in [0.2, 0.25) is 0 Å². The summed E-state index contributed by atoms with van der Waals surface area (Å²) >= 11 is 1.52. The van der Waals surface area contributed by atoms with Gasteiger partial charge in [-0.15, -0.1) is 0 Å². The average Bonchev–Trinajstić information content (AvgIpc) is 2.82. The molecule has 0 radical (unpaired) electrons. The van der Waals surface area contributed by atoms with Gasteiger partial charge in [-0.05, 0) is 49.9 Å². The monoisotopic (exact) mass is 466 g/mol. The molecule has 0 N–H and O–H groups in total. The smallest absolute Gasteiger partial charge is 0.410 e. The maximum Gasteiger partial charge on any atom is 0.410 e. The highest BCUT2D eigenvalue weighted by atomic mass is 32.2. The fourth-order valence-electron chi connectivity index (χ4n) is 3.86. The topological polar surface area (TPSA) is 67.8 Å². The summed E-state index contributed by atoms with van der Waals surface area (Å²) in [4.78, 5) is 26.0. The van der Waals surface area contributed by atoms with Gasteiger partial charge in [0.15, 0.2) is 5.16 Å². The first-order valence-corrected chi connectivity index (χ1v) is 12.2. The third-order valence-electron chi connectivity index (χ3n) is 5.48. The fourth-order valence-corrected chi connectivity index (χ4v) is 4.24. The van der Waals surface area contributed by atoms with Crippen LogP contribution in [-0.4, -0.2) is 66.1 Å². The van der Waals surface area contributed by atoms with Gasteiger partial charge in [-0.1, -0.05) is 36.0 Å². The Kier molecular flexibility index (Phi) is 6.65. The molecule has 1 aliphatic rings. The number of piperazine rings is 1. The van der Waals surface area contributed by atoms with E-state index in [4.69, 9.17) is 19.4 Å². The van der Waals surface area contributed by atoms with Gasteiger partial charge >= 0.3 is 6.09 Å². The molecule has 7 nitrogen and oxygen atoms in total. The van der Waals surface area contributed by atoms with Gasteiger partial charge in [0.25, 0.3) is 0 Å². The Morgan fingerprint density at radius 1 is 1.03 bits per heavy atom. The summed E-state index contributed by atoms with van der Waals surface area (Å²) in [5.74, 6) is 1.65. The Balaban J connectivity index is 1.63. The number of ether oxygens (including phenoxy) is 2.